The van der Waals surface area contributed by atoms with Crippen molar-refractivity contribution in [3.63, 3.8) is 0 Å². The highest BCUT2D eigenvalue weighted by Crippen LogP contribution is 2.27. The zero-order valence-electron chi connectivity index (χ0n) is 15.4. The molecule has 0 bridgehead atoms. The average Bonchev–Trinajstić information content (AvgIpc) is 2.89. The van der Waals surface area contributed by atoms with Crippen LogP contribution in [-0.2, 0) is 19.4 Å². The fraction of sp³-hybridized carbons (Fsp3) is 0.556. The largest absolute Gasteiger partial charge is 0.483 e. The number of benzene rings is 1. The SMILES string of the molecule is Cc1ccc(C(C)C)c(OCC(=O)NNC(=O)CC2CCS(=O)(=O)C2)c1. The van der Waals surface area contributed by atoms with Crippen LogP contribution in [0.3, 0.4) is 0 Å². The molecule has 1 aliphatic heterocycles. The van der Waals surface area contributed by atoms with E-state index in [2.05, 4.69) is 10.9 Å². The molecular weight excluding hydrogens is 356 g/mol. The predicted octanol–water partition coefficient (Wildman–Crippen LogP) is 1.47. The van der Waals surface area contributed by atoms with E-state index in [0.717, 1.165) is 11.1 Å². The van der Waals surface area contributed by atoms with Gasteiger partial charge in [-0.05, 0) is 42.4 Å². The van der Waals surface area contributed by atoms with E-state index in [1.54, 1.807) is 0 Å². The second-order valence-electron chi connectivity index (χ2n) is 7.05. The van der Waals surface area contributed by atoms with Crippen LogP contribution in [0.25, 0.3) is 0 Å². The lowest BCUT2D eigenvalue weighted by molar-refractivity contribution is -0.130. The van der Waals surface area contributed by atoms with E-state index in [-0.39, 0.29) is 36.4 Å². The van der Waals surface area contributed by atoms with Crippen LogP contribution in [0.4, 0.5) is 0 Å². The highest BCUT2D eigenvalue weighted by molar-refractivity contribution is 7.91. The summed E-state index contributed by atoms with van der Waals surface area (Å²) in [7, 11) is -3.01. The van der Waals surface area contributed by atoms with Crippen LogP contribution in [0, 0.1) is 12.8 Å². The minimum absolute atomic E-state index is 0.0306. The number of carbonyl (C=O) groups is 2. The number of sulfone groups is 1. The standard InChI is InChI=1S/C18H26N2O5S/c1-12(2)15-5-4-13(3)8-16(15)25-10-18(22)20-19-17(21)9-14-6-7-26(23,24)11-14/h4-5,8,12,14H,6-7,9-11H2,1-3H3,(H,19,21)(H,20,22). The van der Waals surface area contributed by atoms with Crippen molar-refractivity contribution in [3.05, 3.63) is 29.3 Å². The van der Waals surface area contributed by atoms with E-state index in [1.165, 1.54) is 0 Å². The van der Waals surface area contributed by atoms with E-state index in [1.807, 2.05) is 39.0 Å². The summed E-state index contributed by atoms with van der Waals surface area (Å²) in [6.07, 6.45) is 0.563. The molecule has 0 spiro atoms. The molecule has 0 aromatic heterocycles. The number of hydrogen-bond acceptors (Lipinski definition) is 5. The smallest absolute Gasteiger partial charge is 0.276 e. The molecule has 0 radical (unpaired) electrons. The highest BCUT2D eigenvalue weighted by Gasteiger charge is 2.29. The van der Waals surface area contributed by atoms with Crippen molar-refractivity contribution in [1.82, 2.24) is 10.9 Å². The molecule has 1 heterocycles. The summed E-state index contributed by atoms with van der Waals surface area (Å²) in [6.45, 7) is 5.81. The molecule has 2 amide bonds. The molecule has 1 aromatic rings. The van der Waals surface area contributed by atoms with Crippen molar-refractivity contribution < 1.29 is 22.7 Å². The molecule has 1 fully saturated rings. The lowest BCUT2D eigenvalue weighted by Gasteiger charge is -2.15. The fourth-order valence-electron chi connectivity index (χ4n) is 2.91. The molecule has 8 heteroatoms. The van der Waals surface area contributed by atoms with E-state index in [9.17, 15) is 18.0 Å². The molecule has 1 aromatic carbocycles. The summed E-state index contributed by atoms with van der Waals surface area (Å²) in [5.74, 6) is -0.00181. The predicted molar refractivity (Wildman–Crippen MR) is 98.4 cm³/mol. The quantitative estimate of drug-likeness (QED) is 0.726. The van der Waals surface area contributed by atoms with E-state index in [4.69, 9.17) is 4.74 Å². The molecular formula is C18H26N2O5S. The van der Waals surface area contributed by atoms with Gasteiger partial charge >= 0.3 is 0 Å². The average molecular weight is 382 g/mol. The van der Waals surface area contributed by atoms with Crippen molar-refractivity contribution in [1.29, 1.82) is 0 Å². The Bertz CT molecular complexity index is 774. The van der Waals surface area contributed by atoms with Crippen molar-refractivity contribution >= 4 is 21.7 Å². The van der Waals surface area contributed by atoms with Crippen LogP contribution in [0.5, 0.6) is 5.75 Å². The molecule has 7 nitrogen and oxygen atoms in total. The topological polar surface area (TPSA) is 102 Å². The molecule has 144 valence electrons. The normalized spacial score (nSPS) is 18.5. The molecule has 2 rings (SSSR count). The van der Waals surface area contributed by atoms with Gasteiger partial charge in [0.05, 0.1) is 11.5 Å². The zero-order valence-corrected chi connectivity index (χ0v) is 16.2. The summed E-state index contributed by atoms with van der Waals surface area (Å²) >= 11 is 0. The van der Waals surface area contributed by atoms with Crippen LogP contribution >= 0.6 is 0 Å². The third-order valence-corrected chi connectivity index (χ3v) is 6.13. The minimum Gasteiger partial charge on any atom is -0.483 e. The van der Waals surface area contributed by atoms with Gasteiger partial charge in [-0.3, -0.25) is 20.4 Å². The summed E-state index contributed by atoms with van der Waals surface area (Å²) in [5, 5.41) is 0. The molecule has 1 saturated heterocycles. The summed E-state index contributed by atoms with van der Waals surface area (Å²) < 4.78 is 28.4. The van der Waals surface area contributed by atoms with Gasteiger partial charge in [0, 0.05) is 6.42 Å². The van der Waals surface area contributed by atoms with Crippen LogP contribution in [-0.4, -0.2) is 38.3 Å². The first-order chi connectivity index (χ1) is 12.2. The Labute approximate surface area is 154 Å². The van der Waals surface area contributed by atoms with Gasteiger partial charge in [-0.15, -0.1) is 0 Å². The van der Waals surface area contributed by atoms with Crippen molar-refractivity contribution in [2.45, 2.75) is 39.5 Å². The maximum Gasteiger partial charge on any atom is 0.276 e. The van der Waals surface area contributed by atoms with Crippen molar-refractivity contribution in [2.75, 3.05) is 18.1 Å². The van der Waals surface area contributed by atoms with Gasteiger partial charge in [0.2, 0.25) is 5.91 Å². The molecule has 26 heavy (non-hydrogen) atoms. The van der Waals surface area contributed by atoms with Crippen molar-refractivity contribution in [3.8, 4) is 5.75 Å². The Hall–Kier alpha value is -2.09. The number of hydrogen-bond donors (Lipinski definition) is 2. The van der Waals surface area contributed by atoms with E-state index >= 15 is 0 Å². The number of nitrogens with one attached hydrogen (secondary N) is 2. The number of ether oxygens (including phenoxy) is 1. The van der Waals surface area contributed by atoms with Crippen molar-refractivity contribution in [2.24, 2.45) is 5.92 Å². The number of rotatable bonds is 6. The lowest BCUT2D eigenvalue weighted by atomic mass is 10.0. The van der Waals surface area contributed by atoms with E-state index < -0.39 is 21.7 Å². The van der Waals surface area contributed by atoms with Gasteiger partial charge in [0.15, 0.2) is 16.4 Å². The number of hydrazine groups is 1. The van der Waals surface area contributed by atoms with Crippen LogP contribution in [0.1, 0.15) is 43.7 Å². The Morgan fingerprint density at radius 1 is 1.23 bits per heavy atom. The Kier molecular flexibility index (Phi) is 6.63. The first-order valence-corrected chi connectivity index (χ1v) is 10.5. The van der Waals surface area contributed by atoms with Crippen LogP contribution in [0.15, 0.2) is 18.2 Å². The molecule has 0 aliphatic carbocycles. The lowest BCUT2D eigenvalue weighted by Crippen LogP contribution is -2.44. The van der Waals surface area contributed by atoms with Crippen LogP contribution in [0.2, 0.25) is 0 Å². The zero-order chi connectivity index (χ0) is 19.3. The van der Waals surface area contributed by atoms with Gasteiger partial charge in [-0.25, -0.2) is 8.42 Å². The van der Waals surface area contributed by atoms with Gasteiger partial charge in [-0.1, -0.05) is 26.0 Å². The molecule has 0 saturated carbocycles. The summed E-state index contributed by atoms with van der Waals surface area (Å²) in [6, 6.07) is 5.85. The highest BCUT2D eigenvalue weighted by atomic mass is 32.2. The third-order valence-electron chi connectivity index (χ3n) is 4.29. The van der Waals surface area contributed by atoms with Gasteiger partial charge in [-0.2, -0.15) is 0 Å². The fourth-order valence-corrected chi connectivity index (χ4v) is 4.77. The Morgan fingerprint density at radius 3 is 2.54 bits per heavy atom. The van der Waals surface area contributed by atoms with Gasteiger partial charge in [0.25, 0.3) is 5.91 Å². The van der Waals surface area contributed by atoms with Gasteiger partial charge < -0.3 is 4.74 Å². The number of carbonyl (C=O) groups excluding carboxylic acids is 2. The van der Waals surface area contributed by atoms with Gasteiger partial charge in [0.1, 0.15) is 5.75 Å². The second kappa shape index (κ2) is 8.53. The maximum absolute atomic E-state index is 11.9. The second-order valence-corrected chi connectivity index (χ2v) is 9.28. The molecule has 1 unspecified atom stereocenters. The Morgan fingerprint density at radius 2 is 1.92 bits per heavy atom. The summed E-state index contributed by atoms with van der Waals surface area (Å²) in [5.41, 5.74) is 6.65. The number of amides is 2. The summed E-state index contributed by atoms with van der Waals surface area (Å²) in [4.78, 5) is 23.7. The van der Waals surface area contributed by atoms with Crippen LogP contribution < -0.4 is 15.6 Å². The maximum atomic E-state index is 11.9. The molecule has 1 aliphatic rings. The monoisotopic (exact) mass is 382 g/mol. The minimum atomic E-state index is -3.01. The Balaban J connectivity index is 1.77. The molecule has 2 N–H and O–H groups in total. The van der Waals surface area contributed by atoms with E-state index in [0.29, 0.717) is 12.2 Å². The first-order valence-electron chi connectivity index (χ1n) is 8.67. The molecule has 1 atom stereocenters. The first kappa shape index (κ1) is 20.2. The third kappa shape index (κ3) is 6.01. The number of aryl methyl sites for hydroxylation is 1.